The van der Waals surface area contributed by atoms with Crippen molar-refractivity contribution in [2.24, 2.45) is 11.7 Å². The van der Waals surface area contributed by atoms with Crippen LogP contribution in [-0.4, -0.2) is 37.9 Å². The van der Waals surface area contributed by atoms with Crippen molar-refractivity contribution in [2.75, 3.05) is 11.5 Å². The maximum atomic E-state index is 12.0. The first-order valence-corrected chi connectivity index (χ1v) is 8.56. The molecule has 1 amide bonds. The maximum absolute atomic E-state index is 12.0. The van der Waals surface area contributed by atoms with Crippen LogP contribution in [0.25, 0.3) is 0 Å². The van der Waals surface area contributed by atoms with Crippen molar-refractivity contribution in [1.29, 1.82) is 0 Å². The van der Waals surface area contributed by atoms with E-state index in [9.17, 15) is 13.2 Å². The number of carbonyl (C=O) groups is 1. The number of sulfone groups is 1. The topological polar surface area (TPSA) is 89.3 Å². The molecule has 0 spiro atoms. The molecule has 1 saturated heterocycles. The van der Waals surface area contributed by atoms with Gasteiger partial charge in [-0.15, -0.1) is 0 Å². The number of carbonyl (C=O) groups excluding carboxylic acids is 1. The lowest BCUT2D eigenvalue weighted by Gasteiger charge is -2.24. The number of hydrogen-bond donors (Lipinski definition) is 2. The standard InChI is InChI=1S/C12H22N2O3S/c13-10-4-2-1-3-5-11(10)14-12(15)9-6-7-18(16,17)8-9/h9-11H,1-8,13H2,(H,14,15). The van der Waals surface area contributed by atoms with Crippen LogP contribution in [0, 0.1) is 5.92 Å². The van der Waals surface area contributed by atoms with Gasteiger partial charge >= 0.3 is 0 Å². The lowest BCUT2D eigenvalue weighted by Crippen LogP contribution is -2.48. The zero-order chi connectivity index (χ0) is 13.2. The van der Waals surface area contributed by atoms with Crippen molar-refractivity contribution >= 4 is 15.7 Å². The molecule has 3 unspecified atom stereocenters. The third-order valence-electron chi connectivity index (χ3n) is 4.00. The van der Waals surface area contributed by atoms with E-state index in [2.05, 4.69) is 5.32 Å². The Bertz CT molecular complexity index is 408. The summed E-state index contributed by atoms with van der Waals surface area (Å²) >= 11 is 0. The number of nitrogens with one attached hydrogen (secondary N) is 1. The van der Waals surface area contributed by atoms with E-state index in [1.165, 1.54) is 0 Å². The number of rotatable bonds is 2. The third-order valence-corrected chi connectivity index (χ3v) is 5.77. The van der Waals surface area contributed by atoms with Crippen LogP contribution < -0.4 is 11.1 Å². The summed E-state index contributed by atoms with van der Waals surface area (Å²) in [5.74, 6) is -0.355. The fourth-order valence-electron chi connectivity index (χ4n) is 2.82. The van der Waals surface area contributed by atoms with Gasteiger partial charge in [0.2, 0.25) is 5.91 Å². The predicted octanol–water partition coefficient (Wildman–Crippen LogP) is 0.197. The van der Waals surface area contributed by atoms with Gasteiger partial charge in [0, 0.05) is 12.1 Å². The summed E-state index contributed by atoms with van der Waals surface area (Å²) < 4.78 is 22.7. The van der Waals surface area contributed by atoms with Gasteiger partial charge in [0.15, 0.2) is 9.84 Å². The molecular weight excluding hydrogens is 252 g/mol. The molecule has 0 bridgehead atoms. The minimum Gasteiger partial charge on any atom is -0.352 e. The van der Waals surface area contributed by atoms with Crippen molar-refractivity contribution < 1.29 is 13.2 Å². The van der Waals surface area contributed by atoms with E-state index in [1.807, 2.05) is 0 Å². The summed E-state index contributed by atoms with van der Waals surface area (Å²) in [6.45, 7) is 0. The average Bonchev–Trinajstić information content (AvgIpc) is 2.55. The second-order valence-electron chi connectivity index (χ2n) is 5.52. The van der Waals surface area contributed by atoms with Crippen LogP contribution in [0.2, 0.25) is 0 Å². The zero-order valence-electron chi connectivity index (χ0n) is 10.6. The largest absolute Gasteiger partial charge is 0.352 e. The van der Waals surface area contributed by atoms with E-state index in [0.29, 0.717) is 6.42 Å². The maximum Gasteiger partial charge on any atom is 0.224 e. The Labute approximate surface area is 108 Å². The molecular formula is C12H22N2O3S. The van der Waals surface area contributed by atoms with E-state index < -0.39 is 9.84 Å². The minimum atomic E-state index is -2.99. The summed E-state index contributed by atoms with van der Waals surface area (Å²) in [7, 11) is -2.99. The molecule has 3 N–H and O–H groups in total. The van der Waals surface area contributed by atoms with Gasteiger partial charge in [-0.25, -0.2) is 8.42 Å². The lowest BCUT2D eigenvalue weighted by atomic mass is 10.0. The van der Waals surface area contributed by atoms with Gasteiger partial charge < -0.3 is 11.1 Å². The molecule has 18 heavy (non-hydrogen) atoms. The Hall–Kier alpha value is -0.620. The van der Waals surface area contributed by atoms with Gasteiger partial charge in [-0.2, -0.15) is 0 Å². The first-order chi connectivity index (χ1) is 8.48. The highest BCUT2D eigenvalue weighted by molar-refractivity contribution is 7.91. The second kappa shape index (κ2) is 5.57. The van der Waals surface area contributed by atoms with E-state index in [4.69, 9.17) is 5.73 Å². The molecule has 0 aromatic carbocycles. The molecule has 3 atom stereocenters. The molecule has 0 aromatic heterocycles. The minimum absolute atomic E-state index is 0.000785. The van der Waals surface area contributed by atoms with Crippen LogP contribution in [0.5, 0.6) is 0 Å². The van der Waals surface area contributed by atoms with Crippen molar-refractivity contribution in [3.8, 4) is 0 Å². The van der Waals surface area contributed by atoms with Crippen LogP contribution in [0.1, 0.15) is 38.5 Å². The molecule has 2 fully saturated rings. The van der Waals surface area contributed by atoms with E-state index in [0.717, 1.165) is 32.1 Å². The molecule has 1 saturated carbocycles. The molecule has 1 heterocycles. The zero-order valence-corrected chi connectivity index (χ0v) is 11.4. The number of hydrogen-bond acceptors (Lipinski definition) is 4. The molecule has 0 radical (unpaired) electrons. The van der Waals surface area contributed by atoms with Crippen molar-refractivity contribution in [3.05, 3.63) is 0 Å². The number of nitrogens with two attached hydrogens (primary N) is 1. The first kappa shape index (κ1) is 13.8. The van der Waals surface area contributed by atoms with Gasteiger partial charge in [-0.05, 0) is 19.3 Å². The van der Waals surface area contributed by atoms with Crippen LogP contribution >= 0.6 is 0 Å². The molecule has 0 aromatic rings. The molecule has 2 aliphatic rings. The van der Waals surface area contributed by atoms with Crippen LogP contribution in [-0.2, 0) is 14.6 Å². The Morgan fingerprint density at radius 3 is 2.50 bits per heavy atom. The first-order valence-electron chi connectivity index (χ1n) is 6.74. The van der Waals surface area contributed by atoms with Gasteiger partial charge in [0.05, 0.1) is 17.4 Å². The Balaban J connectivity index is 1.90. The highest BCUT2D eigenvalue weighted by Crippen LogP contribution is 2.21. The fourth-order valence-corrected chi connectivity index (χ4v) is 4.56. The smallest absolute Gasteiger partial charge is 0.224 e. The Kier molecular flexibility index (Phi) is 4.27. The van der Waals surface area contributed by atoms with Gasteiger partial charge in [0.25, 0.3) is 0 Å². The monoisotopic (exact) mass is 274 g/mol. The fraction of sp³-hybridized carbons (Fsp3) is 0.917. The molecule has 1 aliphatic carbocycles. The van der Waals surface area contributed by atoms with E-state index >= 15 is 0 Å². The highest BCUT2D eigenvalue weighted by atomic mass is 32.2. The van der Waals surface area contributed by atoms with Gasteiger partial charge in [0.1, 0.15) is 0 Å². The summed E-state index contributed by atoms with van der Waals surface area (Å²) in [5, 5.41) is 2.96. The SMILES string of the molecule is NC1CCCCCC1NC(=O)C1CCS(=O)(=O)C1. The quantitative estimate of drug-likeness (QED) is 0.704. The Morgan fingerprint density at radius 2 is 1.83 bits per heavy atom. The van der Waals surface area contributed by atoms with Gasteiger partial charge in [-0.3, -0.25) is 4.79 Å². The molecule has 1 aliphatic heterocycles. The number of amides is 1. The van der Waals surface area contributed by atoms with Crippen molar-refractivity contribution in [3.63, 3.8) is 0 Å². The van der Waals surface area contributed by atoms with E-state index in [-0.39, 0.29) is 35.4 Å². The normalized spacial score (nSPS) is 35.9. The second-order valence-corrected chi connectivity index (χ2v) is 7.75. The summed E-state index contributed by atoms with van der Waals surface area (Å²) in [4.78, 5) is 12.0. The van der Waals surface area contributed by atoms with Crippen LogP contribution in [0.3, 0.4) is 0 Å². The van der Waals surface area contributed by atoms with Crippen molar-refractivity contribution in [1.82, 2.24) is 5.32 Å². The van der Waals surface area contributed by atoms with Crippen molar-refractivity contribution in [2.45, 2.75) is 50.6 Å². The van der Waals surface area contributed by atoms with E-state index in [1.54, 1.807) is 0 Å². The lowest BCUT2D eigenvalue weighted by molar-refractivity contribution is -0.125. The van der Waals surface area contributed by atoms with Crippen LogP contribution in [0.4, 0.5) is 0 Å². The molecule has 6 heteroatoms. The van der Waals surface area contributed by atoms with Gasteiger partial charge in [-0.1, -0.05) is 19.3 Å². The molecule has 104 valence electrons. The summed E-state index contributed by atoms with van der Waals surface area (Å²) in [6, 6.07) is 0.0257. The molecule has 5 nitrogen and oxygen atoms in total. The highest BCUT2D eigenvalue weighted by Gasteiger charge is 2.34. The Morgan fingerprint density at radius 1 is 1.11 bits per heavy atom. The predicted molar refractivity (Wildman–Crippen MR) is 69.8 cm³/mol. The third kappa shape index (κ3) is 3.45. The molecule has 2 rings (SSSR count). The summed E-state index contributed by atoms with van der Waals surface area (Å²) in [6.07, 6.45) is 5.67. The summed E-state index contributed by atoms with van der Waals surface area (Å²) in [5.41, 5.74) is 6.05. The van der Waals surface area contributed by atoms with Crippen LogP contribution in [0.15, 0.2) is 0 Å². The average molecular weight is 274 g/mol.